The highest BCUT2D eigenvalue weighted by atomic mass is 127. The largest absolute Gasteiger partial charge is 0.340 e. The highest BCUT2D eigenvalue weighted by molar-refractivity contribution is 14.2. The van der Waals surface area contributed by atoms with Gasteiger partial charge in [-0.3, -0.25) is 5.73 Å². The molecule has 2 rings (SSSR count). The van der Waals surface area contributed by atoms with E-state index in [1.807, 2.05) is 4.14 Å². The Kier molecular flexibility index (Phi) is 1.45. The first-order chi connectivity index (χ1) is 5.29. The first-order valence-corrected chi connectivity index (χ1v) is 6.87. The van der Waals surface area contributed by atoms with Gasteiger partial charge in [-0.05, 0) is 0 Å². The fourth-order valence-corrected chi connectivity index (χ4v) is 3.55. The molecule has 0 radical (unpaired) electrons. The Morgan fingerprint density at radius 3 is 3.27 bits per heavy atom. The van der Waals surface area contributed by atoms with Gasteiger partial charge in [0.1, 0.15) is 7.84 Å². The number of aromatic amines is 1. The summed E-state index contributed by atoms with van der Waals surface area (Å²) >= 11 is -1.35. The molecule has 1 aliphatic heterocycles. The second-order valence-corrected chi connectivity index (χ2v) is 6.10. The summed E-state index contributed by atoms with van der Waals surface area (Å²) in [6.07, 6.45) is 1.66. The van der Waals surface area contributed by atoms with Crippen molar-refractivity contribution in [2.45, 2.75) is 0 Å². The summed E-state index contributed by atoms with van der Waals surface area (Å²) in [6.45, 7) is 0. The van der Waals surface area contributed by atoms with Crippen LogP contribution in [0.3, 0.4) is 0 Å². The van der Waals surface area contributed by atoms with Crippen molar-refractivity contribution < 1.29 is 4.99 Å². The Bertz CT molecular complexity index is 394. The van der Waals surface area contributed by atoms with Crippen LogP contribution >= 0.6 is 18.9 Å². The van der Waals surface area contributed by atoms with Crippen molar-refractivity contribution in [2.24, 2.45) is 5.73 Å². The van der Waals surface area contributed by atoms with Crippen molar-refractivity contribution in [1.29, 1.82) is 0 Å². The first-order valence-electron chi connectivity index (χ1n) is 3.02. The van der Waals surface area contributed by atoms with E-state index in [-0.39, 0.29) is 0 Å². The summed E-state index contributed by atoms with van der Waals surface area (Å²) in [5.41, 5.74) is 6.50. The summed E-state index contributed by atoms with van der Waals surface area (Å²) in [6, 6.07) is 0. The number of nitrogens with zero attached hydrogens (tertiary/aromatic N) is 1. The van der Waals surface area contributed by atoms with Crippen LogP contribution in [0.5, 0.6) is 0 Å². The maximum atomic E-state index is 5.64. The number of hydrogen-bond acceptors (Lipinski definition) is 2. The van der Waals surface area contributed by atoms with Gasteiger partial charge in [0.25, 0.3) is 5.84 Å². The van der Waals surface area contributed by atoms with Gasteiger partial charge in [-0.15, -0.1) is 0 Å². The fourth-order valence-electron chi connectivity index (χ4n) is 0.899. The van der Waals surface area contributed by atoms with Crippen LogP contribution in [-0.2, 0) is 0 Å². The van der Waals surface area contributed by atoms with Crippen molar-refractivity contribution in [1.82, 2.24) is 9.97 Å². The molecule has 0 saturated heterocycles. The van der Waals surface area contributed by atoms with Crippen LogP contribution in [0.15, 0.2) is 6.33 Å². The van der Waals surface area contributed by atoms with Gasteiger partial charge < -0.3 is 4.98 Å². The summed E-state index contributed by atoms with van der Waals surface area (Å²) in [4.78, 5) is 10.1. The number of aromatic nitrogens is 2. The fraction of sp³-hybridized carbons (Fsp3) is 0. The van der Waals surface area contributed by atoms with Gasteiger partial charge in [-0.1, -0.05) is 23.4 Å². The van der Waals surface area contributed by atoms with E-state index in [1.165, 1.54) is 0 Å². The predicted octanol–water partition coefficient (Wildman–Crippen LogP) is -1.92. The number of imidazole rings is 1. The number of nitrogen functional groups attached to an aromatic ring is 1. The quantitative estimate of drug-likeness (QED) is 0.477. The number of halogens is 1. The van der Waals surface area contributed by atoms with E-state index in [0.717, 1.165) is 9.39 Å². The van der Waals surface area contributed by atoms with Gasteiger partial charge in [0.15, 0.2) is 5.69 Å². The van der Waals surface area contributed by atoms with Crippen LogP contribution in [0.4, 0.5) is 0 Å². The lowest BCUT2D eigenvalue weighted by molar-refractivity contribution is -0.298. The van der Waals surface area contributed by atoms with Crippen LogP contribution < -0.4 is 10.7 Å². The molecule has 1 aliphatic rings. The highest BCUT2D eigenvalue weighted by Crippen LogP contribution is 2.17. The lowest BCUT2D eigenvalue weighted by Gasteiger charge is -1.97. The number of H-pyrrole nitrogens is 1. The molecule has 4 N–H and O–H groups in total. The average Bonchev–Trinajstić information content (AvgIpc) is 2.45. The van der Waals surface area contributed by atoms with Crippen LogP contribution in [0.2, 0.25) is 0 Å². The molecule has 1 aromatic rings. The topological polar surface area (TPSA) is 68.7 Å². The highest BCUT2D eigenvalue weighted by Gasteiger charge is 2.15. The molecular weight excluding hydrogens is 255 g/mol. The zero-order valence-electron chi connectivity index (χ0n) is 5.76. The SMILES string of the molecule is C=I1=C[NH+]=C(N)c2nc[nH]c21. The third-order valence-electron chi connectivity index (χ3n) is 1.43. The molecule has 0 aliphatic carbocycles. The minimum atomic E-state index is -1.35. The van der Waals surface area contributed by atoms with Crippen molar-refractivity contribution in [2.75, 3.05) is 0 Å². The molecule has 11 heavy (non-hydrogen) atoms. The van der Waals surface area contributed by atoms with Gasteiger partial charge in [0.2, 0.25) is 0 Å². The Hall–Kier alpha value is -0.850. The predicted molar refractivity (Wildman–Crippen MR) is 53.7 cm³/mol. The summed E-state index contributed by atoms with van der Waals surface area (Å²) in [7, 11) is 0. The number of fused-ring (bicyclic) bond motifs is 1. The van der Waals surface area contributed by atoms with Crippen molar-refractivity contribution in [3.63, 3.8) is 0 Å². The van der Waals surface area contributed by atoms with Gasteiger partial charge in [0, 0.05) is 0 Å². The maximum Gasteiger partial charge on any atom is 0.299 e. The zero-order chi connectivity index (χ0) is 7.84. The molecule has 0 atom stereocenters. The molecular formula is C6H8IN4+. The van der Waals surface area contributed by atoms with E-state index in [4.69, 9.17) is 5.73 Å². The van der Waals surface area contributed by atoms with E-state index in [2.05, 4.69) is 19.5 Å². The molecule has 0 fully saturated rings. The molecule has 0 amide bonds. The molecule has 58 valence electrons. The standard InChI is InChI=1S/C6H7IN4/c1-7-2-9-6(8)4-5(7)11-3-10-4/h2-3H,1H2,(H2,8,9)(H,10,11)/p+1. The van der Waals surface area contributed by atoms with E-state index < -0.39 is 18.9 Å². The molecule has 4 nitrogen and oxygen atoms in total. The van der Waals surface area contributed by atoms with Gasteiger partial charge >= 0.3 is 0 Å². The van der Waals surface area contributed by atoms with Gasteiger partial charge in [0.05, 0.1) is 6.33 Å². The molecule has 5 heteroatoms. The average molecular weight is 263 g/mol. The number of nitrogens with two attached hydrogens (primary N) is 1. The molecule has 0 spiro atoms. The number of hydrogen-bond donors (Lipinski definition) is 3. The lowest BCUT2D eigenvalue weighted by atomic mass is 10.4. The van der Waals surface area contributed by atoms with E-state index >= 15 is 0 Å². The van der Waals surface area contributed by atoms with E-state index in [0.29, 0.717) is 5.84 Å². The minimum Gasteiger partial charge on any atom is -0.340 e. The molecule has 1 aromatic heterocycles. The van der Waals surface area contributed by atoms with E-state index in [1.54, 1.807) is 6.33 Å². The Morgan fingerprint density at radius 2 is 2.55 bits per heavy atom. The van der Waals surface area contributed by atoms with Gasteiger partial charge in [-0.25, -0.2) is 9.98 Å². The Labute approximate surface area is 69.9 Å². The lowest BCUT2D eigenvalue weighted by Crippen LogP contribution is -2.74. The van der Waals surface area contributed by atoms with Crippen molar-refractivity contribution in [3.05, 3.63) is 15.7 Å². The number of amidine groups is 1. The second-order valence-electron chi connectivity index (χ2n) is 2.13. The van der Waals surface area contributed by atoms with Gasteiger partial charge in [-0.2, -0.15) is 0 Å². The summed E-state index contributed by atoms with van der Waals surface area (Å²) in [5, 5.41) is 0. The zero-order valence-corrected chi connectivity index (χ0v) is 7.92. The van der Waals surface area contributed by atoms with Crippen LogP contribution in [-0.4, -0.2) is 24.5 Å². The van der Waals surface area contributed by atoms with Crippen molar-refractivity contribution in [3.8, 4) is 0 Å². The maximum absolute atomic E-state index is 5.64. The molecule has 0 saturated carbocycles. The smallest absolute Gasteiger partial charge is 0.299 e. The normalized spacial score (nSPS) is 16.9. The van der Waals surface area contributed by atoms with Crippen LogP contribution in [0.1, 0.15) is 5.69 Å². The molecule has 0 aromatic carbocycles. The van der Waals surface area contributed by atoms with Crippen LogP contribution in [0, 0.1) is 3.70 Å². The number of rotatable bonds is 0. The third-order valence-corrected chi connectivity index (χ3v) is 4.70. The number of nitrogens with one attached hydrogen (secondary N) is 2. The molecule has 0 unspecified atom stereocenters. The van der Waals surface area contributed by atoms with Crippen LogP contribution in [0.25, 0.3) is 0 Å². The van der Waals surface area contributed by atoms with E-state index in [9.17, 15) is 0 Å². The second kappa shape index (κ2) is 2.33. The summed E-state index contributed by atoms with van der Waals surface area (Å²) < 4.78 is 7.16. The Morgan fingerprint density at radius 1 is 1.73 bits per heavy atom. The molecule has 2 heterocycles. The third kappa shape index (κ3) is 0.953. The van der Waals surface area contributed by atoms with Crippen molar-refractivity contribution >= 4 is 33.4 Å². The Balaban J connectivity index is 2.79. The molecule has 0 bridgehead atoms. The monoisotopic (exact) mass is 263 g/mol. The first kappa shape index (κ1) is 6.84. The summed E-state index contributed by atoms with van der Waals surface area (Å²) in [5.74, 6) is 0.624. The minimum absolute atomic E-state index is 0.624.